The topological polar surface area (TPSA) is 59.3 Å². The van der Waals surface area contributed by atoms with Gasteiger partial charge < -0.3 is 9.67 Å². The van der Waals surface area contributed by atoms with Crippen LogP contribution in [-0.2, 0) is 17.8 Å². The first kappa shape index (κ1) is 12.9. The van der Waals surface area contributed by atoms with Crippen molar-refractivity contribution >= 4 is 23.4 Å². The van der Waals surface area contributed by atoms with Gasteiger partial charge in [0.1, 0.15) is 0 Å². The molecule has 0 aliphatic carbocycles. The molecular weight excluding hydrogens is 278 g/mol. The van der Waals surface area contributed by atoms with E-state index in [-0.39, 0.29) is 5.78 Å². The van der Waals surface area contributed by atoms with E-state index in [0.29, 0.717) is 29.2 Å². The first-order valence-electron chi connectivity index (χ1n) is 6.28. The predicted molar refractivity (Wildman–Crippen MR) is 74.1 cm³/mol. The van der Waals surface area contributed by atoms with Crippen LogP contribution in [0.25, 0.3) is 0 Å². The molecule has 1 aromatic carbocycles. The number of aliphatic carboxylic acids is 1. The minimum absolute atomic E-state index is 0.112. The molecule has 0 spiro atoms. The van der Waals surface area contributed by atoms with Gasteiger partial charge >= 0.3 is 5.97 Å². The van der Waals surface area contributed by atoms with Gasteiger partial charge in [0.05, 0.1) is 11.6 Å². The Labute approximate surface area is 120 Å². The minimum Gasteiger partial charge on any atom is -0.481 e. The van der Waals surface area contributed by atoms with Gasteiger partial charge in [-0.2, -0.15) is 0 Å². The SMILES string of the molecule is O=C(c1ccc(Cl)cc1)c1ccc2n1CC(C(=O)O)C2. The van der Waals surface area contributed by atoms with Crippen LogP contribution in [0.3, 0.4) is 0 Å². The summed E-state index contributed by atoms with van der Waals surface area (Å²) >= 11 is 5.81. The molecule has 1 atom stereocenters. The molecule has 4 nitrogen and oxygen atoms in total. The number of hydrogen-bond acceptors (Lipinski definition) is 2. The fourth-order valence-corrected chi connectivity index (χ4v) is 2.68. The Morgan fingerprint density at radius 1 is 1.15 bits per heavy atom. The van der Waals surface area contributed by atoms with Crippen LogP contribution in [0.5, 0.6) is 0 Å². The van der Waals surface area contributed by atoms with Crippen molar-refractivity contribution in [1.29, 1.82) is 0 Å². The minimum atomic E-state index is -0.821. The van der Waals surface area contributed by atoms with Crippen molar-refractivity contribution in [2.45, 2.75) is 13.0 Å². The van der Waals surface area contributed by atoms with Gasteiger partial charge in [-0.25, -0.2) is 0 Å². The number of carbonyl (C=O) groups excluding carboxylic acids is 1. The lowest BCUT2D eigenvalue weighted by Gasteiger charge is -2.07. The summed E-state index contributed by atoms with van der Waals surface area (Å²) in [6.07, 6.45) is 0.475. The van der Waals surface area contributed by atoms with Gasteiger partial charge in [-0.05, 0) is 36.4 Å². The third-order valence-corrected chi connectivity index (χ3v) is 3.87. The van der Waals surface area contributed by atoms with Gasteiger partial charge in [-0.15, -0.1) is 0 Å². The second-order valence-electron chi connectivity index (χ2n) is 4.90. The van der Waals surface area contributed by atoms with Crippen LogP contribution < -0.4 is 0 Å². The van der Waals surface area contributed by atoms with Gasteiger partial charge in [0, 0.05) is 29.2 Å². The van der Waals surface area contributed by atoms with Crippen molar-refractivity contribution < 1.29 is 14.7 Å². The molecule has 1 N–H and O–H groups in total. The van der Waals surface area contributed by atoms with Gasteiger partial charge in [-0.1, -0.05) is 11.6 Å². The Hall–Kier alpha value is -2.07. The summed E-state index contributed by atoms with van der Waals surface area (Å²) in [5.41, 5.74) is 1.98. The molecule has 20 heavy (non-hydrogen) atoms. The number of rotatable bonds is 3. The molecule has 1 aliphatic heterocycles. The Kier molecular flexibility index (Phi) is 3.10. The Morgan fingerprint density at radius 2 is 1.85 bits per heavy atom. The van der Waals surface area contributed by atoms with Crippen molar-refractivity contribution in [2.24, 2.45) is 5.92 Å². The van der Waals surface area contributed by atoms with Gasteiger partial charge in [0.2, 0.25) is 5.78 Å². The summed E-state index contributed by atoms with van der Waals surface area (Å²) in [6.45, 7) is 0.354. The van der Waals surface area contributed by atoms with E-state index in [9.17, 15) is 9.59 Å². The second-order valence-corrected chi connectivity index (χ2v) is 5.33. The van der Waals surface area contributed by atoms with E-state index in [4.69, 9.17) is 16.7 Å². The van der Waals surface area contributed by atoms with Gasteiger partial charge in [-0.3, -0.25) is 9.59 Å². The molecule has 0 amide bonds. The van der Waals surface area contributed by atoms with Crippen molar-refractivity contribution in [3.8, 4) is 0 Å². The van der Waals surface area contributed by atoms with Gasteiger partial charge in [0.25, 0.3) is 0 Å². The standard InChI is InChI=1S/C15H12ClNO3/c16-11-3-1-9(2-4-11)14(18)13-6-5-12-7-10(15(19)20)8-17(12)13/h1-6,10H,7-8H2,(H,19,20). The number of ketones is 1. The quantitative estimate of drug-likeness (QED) is 0.884. The number of nitrogens with zero attached hydrogens (tertiary/aromatic N) is 1. The number of halogens is 1. The summed E-state index contributed by atoms with van der Waals surface area (Å²) < 4.78 is 1.80. The maximum Gasteiger partial charge on any atom is 0.308 e. The van der Waals surface area contributed by atoms with Gasteiger partial charge in [0.15, 0.2) is 0 Å². The Bertz CT molecular complexity index is 688. The predicted octanol–water partition coefficient (Wildman–Crippen LogP) is 2.63. The average molecular weight is 290 g/mol. The first-order valence-corrected chi connectivity index (χ1v) is 6.65. The molecule has 1 aromatic heterocycles. The van der Waals surface area contributed by atoms with E-state index in [1.165, 1.54) is 0 Å². The number of carboxylic acids is 1. The van der Waals surface area contributed by atoms with E-state index >= 15 is 0 Å². The monoisotopic (exact) mass is 289 g/mol. The number of benzene rings is 1. The fourth-order valence-electron chi connectivity index (χ4n) is 2.55. The van der Waals surface area contributed by atoms with Crippen LogP contribution in [0.1, 0.15) is 21.7 Å². The summed E-state index contributed by atoms with van der Waals surface area (Å²) in [5.74, 6) is -1.37. The zero-order valence-corrected chi connectivity index (χ0v) is 11.3. The van der Waals surface area contributed by atoms with Crippen LogP contribution in [0.2, 0.25) is 5.02 Å². The molecule has 0 bridgehead atoms. The molecule has 1 aliphatic rings. The maximum atomic E-state index is 12.4. The zero-order chi connectivity index (χ0) is 14.3. The smallest absolute Gasteiger partial charge is 0.308 e. The third-order valence-electron chi connectivity index (χ3n) is 3.62. The normalized spacial score (nSPS) is 16.9. The molecule has 1 unspecified atom stereocenters. The third kappa shape index (κ3) is 2.12. The highest BCUT2D eigenvalue weighted by Crippen LogP contribution is 2.26. The van der Waals surface area contributed by atoms with Crippen molar-refractivity contribution in [3.05, 3.63) is 58.4 Å². The lowest BCUT2D eigenvalue weighted by Crippen LogP contribution is -2.16. The number of fused-ring (bicyclic) bond motifs is 1. The van der Waals surface area contributed by atoms with Crippen molar-refractivity contribution in [1.82, 2.24) is 4.57 Å². The molecule has 102 valence electrons. The lowest BCUT2D eigenvalue weighted by atomic mass is 10.1. The average Bonchev–Trinajstić information content (AvgIpc) is 2.98. The van der Waals surface area contributed by atoms with Crippen LogP contribution in [0.15, 0.2) is 36.4 Å². The molecule has 0 radical (unpaired) electrons. The molecule has 2 heterocycles. The van der Waals surface area contributed by atoms with Crippen LogP contribution in [-0.4, -0.2) is 21.4 Å². The van der Waals surface area contributed by atoms with Crippen LogP contribution in [0.4, 0.5) is 0 Å². The van der Waals surface area contributed by atoms with E-state index in [1.807, 2.05) is 6.07 Å². The lowest BCUT2D eigenvalue weighted by molar-refractivity contribution is -0.141. The van der Waals surface area contributed by atoms with E-state index in [0.717, 1.165) is 5.69 Å². The molecule has 0 saturated heterocycles. The summed E-state index contributed by atoms with van der Waals surface area (Å²) in [4.78, 5) is 23.5. The highest BCUT2D eigenvalue weighted by Gasteiger charge is 2.30. The van der Waals surface area contributed by atoms with Crippen molar-refractivity contribution in [3.63, 3.8) is 0 Å². The molecule has 0 fully saturated rings. The highest BCUT2D eigenvalue weighted by molar-refractivity contribution is 6.30. The molecular formula is C15H12ClNO3. The molecule has 0 saturated carbocycles. The maximum absolute atomic E-state index is 12.4. The summed E-state index contributed by atoms with van der Waals surface area (Å²) in [5, 5.41) is 9.64. The number of aromatic nitrogens is 1. The fraction of sp³-hybridized carbons (Fsp3) is 0.200. The molecule has 2 aromatic rings. The Morgan fingerprint density at radius 3 is 2.50 bits per heavy atom. The number of carboxylic acid groups (broad SMARTS) is 1. The van der Waals surface area contributed by atoms with Crippen LogP contribution in [0, 0.1) is 5.92 Å². The number of carbonyl (C=O) groups is 2. The Balaban J connectivity index is 1.92. The van der Waals surface area contributed by atoms with E-state index < -0.39 is 11.9 Å². The second kappa shape index (κ2) is 4.80. The molecule has 3 rings (SSSR count). The largest absolute Gasteiger partial charge is 0.481 e. The van der Waals surface area contributed by atoms with E-state index in [1.54, 1.807) is 34.9 Å². The zero-order valence-electron chi connectivity index (χ0n) is 10.5. The van der Waals surface area contributed by atoms with Crippen molar-refractivity contribution in [2.75, 3.05) is 0 Å². The number of hydrogen-bond donors (Lipinski definition) is 1. The van der Waals surface area contributed by atoms with Crippen LogP contribution >= 0.6 is 11.6 Å². The molecule has 5 heteroatoms. The summed E-state index contributed by atoms with van der Waals surface area (Å²) in [6, 6.07) is 10.3. The summed E-state index contributed by atoms with van der Waals surface area (Å²) in [7, 11) is 0. The van der Waals surface area contributed by atoms with E-state index in [2.05, 4.69) is 0 Å². The highest BCUT2D eigenvalue weighted by atomic mass is 35.5. The first-order chi connectivity index (χ1) is 9.56.